The van der Waals surface area contributed by atoms with Gasteiger partial charge in [-0.1, -0.05) is 227 Å². The van der Waals surface area contributed by atoms with E-state index in [-0.39, 0.29) is 38.6 Å². The van der Waals surface area contributed by atoms with E-state index < -0.39 is 26.5 Å². The molecule has 0 amide bonds. The molecule has 0 aromatic heterocycles. The summed E-state index contributed by atoms with van der Waals surface area (Å²) in [7, 11) is -4.39. The summed E-state index contributed by atoms with van der Waals surface area (Å²) in [5.74, 6) is -0.834. The number of carbonyl (C=O) groups excluding carboxylic acids is 2. The van der Waals surface area contributed by atoms with E-state index in [0.717, 1.165) is 89.9 Å². The van der Waals surface area contributed by atoms with Gasteiger partial charge in [-0.2, -0.15) is 0 Å². The SMILES string of the molecule is CC/C=C\C/C=C\C/C=C\C/C=C\C/C=C\C/C=C\C/C=C\CCCCCCCCCCCC(=O)OC(COC(=O)CCCCCCCCCCCCCCCC)COP(=O)(O)OCCN. The number of nitrogens with two attached hydrogens (primary N) is 1. The highest BCUT2D eigenvalue weighted by molar-refractivity contribution is 7.47. The van der Waals surface area contributed by atoms with Gasteiger partial charge in [0.25, 0.3) is 0 Å². The number of esters is 2. The third-order valence-electron chi connectivity index (χ3n) is 11.0. The number of unbranched alkanes of at least 4 members (excludes halogenated alkanes) is 22. The van der Waals surface area contributed by atoms with Crippen molar-refractivity contribution in [3.05, 3.63) is 85.1 Å². The van der Waals surface area contributed by atoms with E-state index in [1.807, 2.05) is 0 Å². The van der Waals surface area contributed by atoms with Crippen LogP contribution in [0.4, 0.5) is 0 Å². The van der Waals surface area contributed by atoms with Crippen molar-refractivity contribution < 1.29 is 37.6 Å². The molecule has 66 heavy (non-hydrogen) atoms. The minimum atomic E-state index is -4.39. The van der Waals surface area contributed by atoms with Crippen LogP contribution in [0.1, 0.15) is 226 Å². The standard InChI is InChI=1S/C56H98NO8P/c1-3-5-7-9-11-13-15-17-19-20-21-22-23-24-25-26-27-28-29-30-31-32-33-34-35-37-39-41-43-45-47-49-56(59)65-54(53-64-66(60,61)63-51-50-57)52-62-55(58)48-46-44-42-40-38-36-18-16-14-12-10-8-6-4-2/h5,7,11,13,17,19,21-22,24-25,27-28,30-31,54H,3-4,6,8-10,12,14-16,18,20,23,26,29,32-53,57H2,1-2H3,(H,60,61)/b7-5-,13-11-,19-17-,22-21-,25-24-,28-27-,31-30-. The molecule has 10 heteroatoms. The Hall–Kier alpha value is -2.81. The van der Waals surface area contributed by atoms with Crippen LogP contribution in [-0.2, 0) is 32.7 Å². The number of hydrogen-bond acceptors (Lipinski definition) is 8. The van der Waals surface area contributed by atoms with Gasteiger partial charge in [-0.05, 0) is 70.6 Å². The summed E-state index contributed by atoms with van der Waals surface area (Å²) in [5, 5.41) is 0. The molecule has 0 rings (SSSR count). The lowest BCUT2D eigenvalue weighted by Crippen LogP contribution is -2.29. The maximum absolute atomic E-state index is 12.7. The van der Waals surface area contributed by atoms with Gasteiger partial charge in [0, 0.05) is 19.4 Å². The second-order valence-electron chi connectivity index (χ2n) is 17.4. The van der Waals surface area contributed by atoms with Crippen molar-refractivity contribution in [1.29, 1.82) is 0 Å². The number of rotatable bonds is 49. The molecule has 0 aliphatic heterocycles. The average Bonchev–Trinajstić information content (AvgIpc) is 3.31. The van der Waals surface area contributed by atoms with E-state index in [4.69, 9.17) is 24.3 Å². The van der Waals surface area contributed by atoms with Crippen molar-refractivity contribution in [2.24, 2.45) is 5.73 Å². The minimum Gasteiger partial charge on any atom is -0.462 e. The maximum Gasteiger partial charge on any atom is 0.472 e. The molecular formula is C56H98NO8P. The van der Waals surface area contributed by atoms with Crippen LogP contribution in [0.3, 0.4) is 0 Å². The van der Waals surface area contributed by atoms with Crippen LogP contribution >= 0.6 is 7.82 Å². The van der Waals surface area contributed by atoms with Gasteiger partial charge in [0.2, 0.25) is 0 Å². The zero-order chi connectivity index (χ0) is 48.1. The van der Waals surface area contributed by atoms with Gasteiger partial charge in [0.15, 0.2) is 6.10 Å². The third-order valence-corrected chi connectivity index (χ3v) is 12.0. The molecule has 0 bridgehead atoms. The van der Waals surface area contributed by atoms with Crippen LogP contribution in [0.5, 0.6) is 0 Å². The highest BCUT2D eigenvalue weighted by Gasteiger charge is 2.26. The Morgan fingerprint density at radius 3 is 1.24 bits per heavy atom. The van der Waals surface area contributed by atoms with Crippen LogP contribution in [0.2, 0.25) is 0 Å². The van der Waals surface area contributed by atoms with Gasteiger partial charge in [0.05, 0.1) is 13.2 Å². The molecule has 0 fully saturated rings. The summed E-state index contributed by atoms with van der Waals surface area (Å²) in [6.07, 6.45) is 66.2. The first-order chi connectivity index (χ1) is 32.3. The lowest BCUT2D eigenvalue weighted by molar-refractivity contribution is -0.161. The van der Waals surface area contributed by atoms with Crippen molar-refractivity contribution in [2.45, 2.75) is 232 Å². The van der Waals surface area contributed by atoms with Crippen LogP contribution in [0, 0.1) is 0 Å². The Kier molecular flexibility index (Phi) is 49.4. The number of hydrogen-bond donors (Lipinski definition) is 2. The van der Waals surface area contributed by atoms with Crippen molar-refractivity contribution in [2.75, 3.05) is 26.4 Å². The Morgan fingerprint density at radius 2 is 0.833 bits per heavy atom. The summed E-state index contributed by atoms with van der Waals surface area (Å²) in [4.78, 5) is 35.0. The molecule has 2 atom stereocenters. The fourth-order valence-corrected chi connectivity index (χ4v) is 7.91. The first-order valence-corrected chi connectivity index (χ1v) is 28.1. The molecule has 0 aromatic carbocycles. The van der Waals surface area contributed by atoms with E-state index >= 15 is 0 Å². The molecule has 9 nitrogen and oxygen atoms in total. The zero-order valence-electron chi connectivity index (χ0n) is 42.2. The molecule has 0 aromatic rings. The fourth-order valence-electron chi connectivity index (χ4n) is 7.15. The second kappa shape index (κ2) is 51.6. The quantitative estimate of drug-likeness (QED) is 0.0265. The van der Waals surface area contributed by atoms with Gasteiger partial charge < -0.3 is 20.1 Å². The van der Waals surface area contributed by atoms with Gasteiger partial charge >= 0.3 is 19.8 Å². The van der Waals surface area contributed by atoms with Gasteiger partial charge in [0.1, 0.15) is 6.61 Å². The highest BCUT2D eigenvalue weighted by atomic mass is 31.2. The number of allylic oxidation sites excluding steroid dienone is 14. The van der Waals surface area contributed by atoms with E-state index in [0.29, 0.717) is 6.42 Å². The largest absolute Gasteiger partial charge is 0.472 e. The summed E-state index contributed by atoms with van der Waals surface area (Å²) < 4.78 is 32.9. The molecule has 0 aliphatic rings. The zero-order valence-corrected chi connectivity index (χ0v) is 43.0. The van der Waals surface area contributed by atoms with Crippen LogP contribution in [0.25, 0.3) is 0 Å². The summed E-state index contributed by atoms with van der Waals surface area (Å²) in [6.45, 7) is 3.62. The molecule has 0 saturated carbocycles. The molecule has 380 valence electrons. The van der Waals surface area contributed by atoms with E-state index in [9.17, 15) is 19.0 Å². The number of phosphoric ester groups is 1. The van der Waals surface area contributed by atoms with E-state index in [1.165, 1.54) is 103 Å². The summed E-state index contributed by atoms with van der Waals surface area (Å²) >= 11 is 0. The molecule has 0 spiro atoms. The first kappa shape index (κ1) is 63.2. The van der Waals surface area contributed by atoms with Gasteiger partial charge in [-0.3, -0.25) is 18.6 Å². The Labute approximate surface area is 404 Å². The minimum absolute atomic E-state index is 0.0499. The lowest BCUT2D eigenvalue weighted by Gasteiger charge is -2.19. The van der Waals surface area contributed by atoms with Crippen LogP contribution in [-0.4, -0.2) is 49.3 Å². The van der Waals surface area contributed by atoms with Crippen LogP contribution < -0.4 is 5.73 Å². The Morgan fingerprint density at radius 1 is 0.470 bits per heavy atom. The predicted molar refractivity (Wildman–Crippen MR) is 279 cm³/mol. The van der Waals surface area contributed by atoms with E-state index in [2.05, 4.69) is 98.9 Å². The summed E-state index contributed by atoms with van der Waals surface area (Å²) in [6, 6.07) is 0. The molecule has 3 N–H and O–H groups in total. The molecular weight excluding hydrogens is 846 g/mol. The smallest absolute Gasteiger partial charge is 0.462 e. The average molecular weight is 944 g/mol. The highest BCUT2D eigenvalue weighted by Crippen LogP contribution is 2.43. The van der Waals surface area contributed by atoms with Crippen LogP contribution in [0.15, 0.2) is 85.1 Å². The third kappa shape index (κ3) is 50.6. The summed E-state index contributed by atoms with van der Waals surface area (Å²) in [5.41, 5.74) is 5.37. The van der Waals surface area contributed by atoms with Crippen molar-refractivity contribution >= 4 is 19.8 Å². The predicted octanol–water partition coefficient (Wildman–Crippen LogP) is 16.3. The fraction of sp³-hybridized carbons (Fsp3) is 0.714. The van der Waals surface area contributed by atoms with Gasteiger partial charge in [-0.15, -0.1) is 0 Å². The topological polar surface area (TPSA) is 134 Å². The molecule has 0 aliphatic carbocycles. The molecule has 0 heterocycles. The lowest BCUT2D eigenvalue weighted by atomic mass is 10.0. The Bertz CT molecular complexity index is 1350. The second-order valence-corrected chi connectivity index (χ2v) is 18.8. The normalized spacial score (nSPS) is 13.8. The molecule has 2 unspecified atom stereocenters. The Balaban J connectivity index is 4.02. The van der Waals surface area contributed by atoms with Crippen molar-refractivity contribution in [3.8, 4) is 0 Å². The van der Waals surface area contributed by atoms with E-state index in [1.54, 1.807) is 0 Å². The molecule has 0 saturated heterocycles. The maximum atomic E-state index is 12.7. The molecule has 0 radical (unpaired) electrons. The monoisotopic (exact) mass is 944 g/mol. The van der Waals surface area contributed by atoms with Crippen molar-refractivity contribution in [1.82, 2.24) is 0 Å². The first-order valence-electron chi connectivity index (χ1n) is 26.6. The van der Waals surface area contributed by atoms with Gasteiger partial charge in [-0.25, -0.2) is 4.57 Å². The number of phosphoric acid groups is 1. The number of carbonyl (C=O) groups is 2. The number of ether oxygens (including phenoxy) is 2. The van der Waals surface area contributed by atoms with Crippen molar-refractivity contribution in [3.63, 3.8) is 0 Å².